The van der Waals surface area contributed by atoms with Crippen LogP contribution in [0.4, 0.5) is 0 Å². The van der Waals surface area contributed by atoms with E-state index in [0.29, 0.717) is 23.7 Å². The minimum absolute atomic E-state index is 0.0897. The predicted molar refractivity (Wildman–Crippen MR) is 99.8 cm³/mol. The molecule has 7 heteroatoms. The van der Waals surface area contributed by atoms with E-state index in [2.05, 4.69) is 10.2 Å². The zero-order valence-corrected chi connectivity index (χ0v) is 16.5. The summed E-state index contributed by atoms with van der Waals surface area (Å²) in [6.45, 7) is 5.12. The fraction of sp³-hybridized carbons (Fsp3) is 0.500. The van der Waals surface area contributed by atoms with E-state index in [-0.39, 0.29) is 5.78 Å². The highest BCUT2D eigenvalue weighted by atomic mass is 16.5. The highest BCUT2D eigenvalue weighted by Gasteiger charge is 2.49. The number of nitrogens with zero attached hydrogens (tertiary/aromatic N) is 1. The molecule has 3 unspecified atom stereocenters. The van der Waals surface area contributed by atoms with E-state index in [0.717, 1.165) is 22.5 Å². The number of fused-ring (bicyclic) bond motifs is 1. The molecule has 1 aliphatic carbocycles. The lowest BCUT2D eigenvalue weighted by Crippen LogP contribution is -2.48. The van der Waals surface area contributed by atoms with Crippen molar-refractivity contribution in [2.45, 2.75) is 38.7 Å². The molecule has 3 rings (SSSR count). The molecule has 2 aromatic rings. The van der Waals surface area contributed by atoms with Crippen molar-refractivity contribution in [2.24, 2.45) is 5.92 Å². The van der Waals surface area contributed by atoms with Crippen molar-refractivity contribution >= 4 is 5.78 Å². The van der Waals surface area contributed by atoms with Crippen LogP contribution >= 0.6 is 0 Å². The van der Waals surface area contributed by atoms with Crippen LogP contribution in [0.25, 0.3) is 0 Å². The first-order chi connectivity index (χ1) is 12.7. The van der Waals surface area contributed by atoms with Crippen molar-refractivity contribution in [3.8, 4) is 17.2 Å². The average Bonchev–Trinajstić information content (AvgIpc) is 2.98. The smallest absolute Gasteiger partial charge is 0.164 e. The third-order valence-electron chi connectivity index (χ3n) is 5.42. The van der Waals surface area contributed by atoms with Gasteiger partial charge in [0.2, 0.25) is 0 Å². The van der Waals surface area contributed by atoms with E-state index >= 15 is 0 Å². The molecule has 1 aromatic heterocycles. The molecule has 0 radical (unpaired) electrons. The fourth-order valence-corrected chi connectivity index (χ4v) is 4.31. The van der Waals surface area contributed by atoms with Gasteiger partial charge in [0.1, 0.15) is 11.5 Å². The summed E-state index contributed by atoms with van der Waals surface area (Å²) in [6, 6.07) is 3.56. The molecule has 0 spiro atoms. The average molecular weight is 374 g/mol. The summed E-state index contributed by atoms with van der Waals surface area (Å²) in [7, 11) is 4.68. The molecule has 0 amide bonds. The largest absolute Gasteiger partial charge is 0.496 e. The summed E-state index contributed by atoms with van der Waals surface area (Å²) in [5.74, 6) is 0.469. The quantitative estimate of drug-likeness (QED) is 0.835. The second-order valence-corrected chi connectivity index (χ2v) is 7.26. The maximum absolute atomic E-state index is 12.6. The number of hydrogen-bond acceptors (Lipinski definition) is 6. The van der Waals surface area contributed by atoms with Crippen LogP contribution in [0.2, 0.25) is 0 Å². The van der Waals surface area contributed by atoms with E-state index < -0.39 is 17.4 Å². The first kappa shape index (κ1) is 19.2. The molecule has 27 heavy (non-hydrogen) atoms. The second-order valence-electron chi connectivity index (χ2n) is 7.26. The van der Waals surface area contributed by atoms with Gasteiger partial charge in [-0.25, -0.2) is 0 Å². The van der Waals surface area contributed by atoms with Crippen molar-refractivity contribution in [3.05, 3.63) is 34.6 Å². The Balaban J connectivity index is 2.32. The molecular formula is C20H26N2O5. The number of aromatic amines is 1. The molecule has 3 atom stereocenters. The highest BCUT2D eigenvalue weighted by Crippen LogP contribution is 2.50. The molecule has 0 bridgehead atoms. The summed E-state index contributed by atoms with van der Waals surface area (Å²) in [5, 5.41) is 18.5. The van der Waals surface area contributed by atoms with Gasteiger partial charge in [0, 0.05) is 35.2 Å². The molecule has 0 aliphatic heterocycles. The van der Waals surface area contributed by atoms with Gasteiger partial charge in [-0.05, 0) is 26.8 Å². The molecular weight excluding hydrogens is 348 g/mol. The van der Waals surface area contributed by atoms with Crippen LogP contribution in [0.15, 0.2) is 12.1 Å². The first-order valence-electron chi connectivity index (χ1n) is 8.81. The number of H-pyrrole nitrogens is 1. The number of aryl methyl sites for hydroxylation is 1. The fourth-order valence-electron chi connectivity index (χ4n) is 4.31. The zero-order chi connectivity index (χ0) is 19.9. The van der Waals surface area contributed by atoms with Crippen molar-refractivity contribution in [1.29, 1.82) is 0 Å². The third kappa shape index (κ3) is 3.06. The number of hydrogen-bond donors (Lipinski definition) is 2. The molecule has 1 aromatic carbocycles. The van der Waals surface area contributed by atoms with Crippen LogP contribution in [0.5, 0.6) is 17.2 Å². The molecule has 146 valence electrons. The van der Waals surface area contributed by atoms with Gasteiger partial charge >= 0.3 is 0 Å². The van der Waals surface area contributed by atoms with Crippen LogP contribution in [-0.2, 0) is 11.2 Å². The number of aliphatic hydroxyl groups is 1. The zero-order valence-electron chi connectivity index (χ0n) is 16.5. The number of nitrogens with one attached hydrogen (secondary N) is 1. The van der Waals surface area contributed by atoms with Crippen LogP contribution in [-0.4, -0.2) is 48.0 Å². The number of ether oxygens (including phenoxy) is 3. The topological polar surface area (TPSA) is 93.7 Å². The Morgan fingerprint density at radius 2 is 1.78 bits per heavy atom. The first-order valence-corrected chi connectivity index (χ1v) is 8.81. The molecule has 0 fully saturated rings. The number of carbonyl (C=O) groups is 1. The number of carbonyl (C=O) groups excluding carboxylic acids is 1. The highest BCUT2D eigenvalue weighted by molar-refractivity contribution is 5.82. The van der Waals surface area contributed by atoms with Gasteiger partial charge in [-0.15, -0.1) is 0 Å². The van der Waals surface area contributed by atoms with Crippen LogP contribution in [0, 0.1) is 12.8 Å². The van der Waals surface area contributed by atoms with Gasteiger partial charge in [-0.1, -0.05) is 0 Å². The minimum Gasteiger partial charge on any atom is -0.496 e. The van der Waals surface area contributed by atoms with E-state index in [1.807, 2.05) is 13.0 Å². The molecule has 2 N–H and O–H groups in total. The summed E-state index contributed by atoms with van der Waals surface area (Å²) in [5.41, 5.74) is 2.07. The van der Waals surface area contributed by atoms with Crippen molar-refractivity contribution in [3.63, 3.8) is 0 Å². The van der Waals surface area contributed by atoms with Gasteiger partial charge in [-0.3, -0.25) is 9.89 Å². The maximum atomic E-state index is 12.6. The standard InChI is InChI=1S/C20H26N2O5/c1-10-17-13(22-21-10)9-20(3,24)19(11(2)23)18(17)12-7-15(26-5)16(27-6)8-14(12)25-4/h7-8,18-19,24H,9H2,1-6H3,(H,21,22). The number of rotatable bonds is 5. The lowest BCUT2D eigenvalue weighted by Gasteiger charge is -2.41. The van der Waals surface area contributed by atoms with E-state index in [9.17, 15) is 9.90 Å². The normalized spacial score (nSPS) is 24.3. The molecule has 1 aliphatic rings. The Morgan fingerprint density at radius 1 is 1.19 bits per heavy atom. The van der Waals surface area contributed by atoms with E-state index in [1.165, 1.54) is 6.92 Å². The van der Waals surface area contributed by atoms with Gasteiger partial charge in [-0.2, -0.15) is 5.10 Å². The minimum atomic E-state index is -1.23. The number of methoxy groups -OCH3 is 3. The monoisotopic (exact) mass is 374 g/mol. The van der Waals surface area contributed by atoms with Crippen molar-refractivity contribution < 1.29 is 24.1 Å². The van der Waals surface area contributed by atoms with Gasteiger partial charge in [0.15, 0.2) is 11.5 Å². The Bertz CT molecular complexity index is 871. The van der Waals surface area contributed by atoms with Gasteiger partial charge in [0.05, 0.1) is 38.5 Å². The van der Waals surface area contributed by atoms with Crippen LogP contribution in [0.3, 0.4) is 0 Å². The third-order valence-corrected chi connectivity index (χ3v) is 5.42. The Kier molecular flexibility index (Phi) is 4.90. The van der Waals surface area contributed by atoms with Crippen molar-refractivity contribution in [1.82, 2.24) is 10.2 Å². The Hall–Kier alpha value is -2.54. The van der Waals surface area contributed by atoms with Gasteiger partial charge in [0.25, 0.3) is 0 Å². The molecule has 1 heterocycles. The summed E-state index contributed by atoms with van der Waals surface area (Å²) in [6.07, 6.45) is 0.309. The lowest BCUT2D eigenvalue weighted by atomic mass is 9.64. The maximum Gasteiger partial charge on any atom is 0.164 e. The summed E-state index contributed by atoms with van der Waals surface area (Å²) < 4.78 is 16.4. The summed E-state index contributed by atoms with van der Waals surface area (Å²) in [4.78, 5) is 12.6. The number of benzene rings is 1. The van der Waals surface area contributed by atoms with Crippen LogP contribution < -0.4 is 14.2 Å². The Labute approximate surface area is 158 Å². The lowest BCUT2D eigenvalue weighted by molar-refractivity contribution is -0.130. The number of aromatic nitrogens is 2. The SMILES string of the molecule is COc1cc(OC)c(C2c3c(n[nH]c3C)CC(C)(O)C2C(C)=O)cc1OC. The predicted octanol–water partition coefficient (Wildman–Crippen LogP) is 2.39. The van der Waals surface area contributed by atoms with Crippen molar-refractivity contribution in [2.75, 3.05) is 21.3 Å². The van der Waals surface area contributed by atoms with E-state index in [4.69, 9.17) is 14.2 Å². The summed E-state index contributed by atoms with van der Waals surface area (Å²) >= 11 is 0. The second kappa shape index (κ2) is 6.88. The molecule has 7 nitrogen and oxygen atoms in total. The van der Waals surface area contributed by atoms with Crippen LogP contribution in [0.1, 0.15) is 42.3 Å². The molecule has 0 saturated heterocycles. The molecule has 0 saturated carbocycles. The number of ketones is 1. The van der Waals surface area contributed by atoms with Gasteiger partial charge < -0.3 is 19.3 Å². The number of Topliss-reactive ketones (excluding diaryl/α,β-unsaturated/α-hetero) is 1. The van der Waals surface area contributed by atoms with E-state index in [1.54, 1.807) is 34.3 Å². The Morgan fingerprint density at radius 3 is 2.33 bits per heavy atom.